The molecule has 126 valence electrons. The highest BCUT2D eigenvalue weighted by atomic mass is 15.3. The van der Waals surface area contributed by atoms with Crippen LogP contribution < -0.4 is 0 Å². The van der Waals surface area contributed by atoms with E-state index in [0.717, 1.165) is 6.42 Å². The molecule has 3 aromatic rings. The Kier molecular flexibility index (Phi) is 3.84. The van der Waals surface area contributed by atoms with Crippen molar-refractivity contribution in [2.24, 2.45) is 4.99 Å². The highest BCUT2D eigenvalue weighted by Crippen LogP contribution is 2.37. The van der Waals surface area contributed by atoms with Crippen LogP contribution in [0.1, 0.15) is 31.0 Å². The molecule has 2 atom stereocenters. The number of benzene rings is 3. The predicted molar refractivity (Wildman–Crippen MR) is 106 cm³/mol. The average molecular weight is 328 g/mol. The Labute approximate surface area is 149 Å². The van der Waals surface area contributed by atoms with Crippen LogP contribution in [0.25, 0.3) is 10.8 Å². The molecule has 0 saturated carbocycles. The van der Waals surface area contributed by atoms with Crippen LogP contribution in [0.3, 0.4) is 0 Å². The Morgan fingerprint density at radius 3 is 2.40 bits per heavy atom. The molecular weight excluding hydrogens is 304 g/mol. The number of amidine groups is 1. The Hall–Kier alpha value is -2.61. The molecule has 1 aliphatic rings. The molecule has 4 rings (SSSR count). The molecule has 0 unspecified atom stereocenters. The van der Waals surface area contributed by atoms with Gasteiger partial charge in [0.15, 0.2) is 0 Å². The van der Waals surface area contributed by atoms with Crippen LogP contribution in [-0.4, -0.2) is 23.3 Å². The van der Waals surface area contributed by atoms with Crippen molar-refractivity contribution in [3.63, 3.8) is 0 Å². The van der Waals surface area contributed by atoms with Crippen LogP contribution in [0.5, 0.6) is 0 Å². The number of fused-ring (bicyclic) bond motifs is 1. The SMILES string of the molecule is C[C@H](c1cccc2ccccc12)N(C)C1=N[C@@]1(C)Cc1ccccc1. The van der Waals surface area contributed by atoms with E-state index < -0.39 is 0 Å². The van der Waals surface area contributed by atoms with Crippen LogP contribution in [0.2, 0.25) is 0 Å². The molecule has 0 bridgehead atoms. The molecule has 0 aromatic heterocycles. The maximum atomic E-state index is 4.85. The quantitative estimate of drug-likeness (QED) is 0.639. The molecule has 25 heavy (non-hydrogen) atoms. The van der Waals surface area contributed by atoms with Crippen LogP contribution in [0, 0.1) is 0 Å². The number of aliphatic imine (C=N–C) groups is 1. The fourth-order valence-corrected chi connectivity index (χ4v) is 3.78. The molecule has 0 fully saturated rings. The van der Waals surface area contributed by atoms with Gasteiger partial charge >= 0.3 is 0 Å². The van der Waals surface area contributed by atoms with Gasteiger partial charge in [-0.2, -0.15) is 0 Å². The van der Waals surface area contributed by atoms with Crippen molar-refractivity contribution in [1.82, 2.24) is 4.90 Å². The predicted octanol–water partition coefficient (Wildman–Crippen LogP) is 5.25. The first-order valence-corrected chi connectivity index (χ1v) is 8.93. The van der Waals surface area contributed by atoms with Crippen LogP contribution in [0.4, 0.5) is 0 Å². The van der Waals surface area contributed by atoms with Crippen LogP contribution in [0.15, 0.2) is 77.8 Å². The minimum atomic E-state index is -0.0606. The molecule has 0 aliphatic carbocycles. The smallest absolute Gasteiger partial charge is 0.129 e. The topological polar surface area (TPSA) is 15.6 Å². The van der Waals surface area contributed by atoms with E-state index >= 15 is 0 Å². The molecule has 0 N–H and O–H groups in total. The van der Waals surface area contributed by atoms with Crippen molar-refractivity contribution >= 4 is 16.6 Å². The summed E-state index contributed by atoms with van der Waals surface area (Å²) in [6.45, 7) is 4.51. The molecule has 0 radical (unpaired) electrons. The standard InChI is InChI=1S/C23H24N2/c1-17(20-15-9-13-19-12-7-8-14-21(19)20)25(3)22-23(2,24-22)16-18-10-5-4-6-11-18/h4-15,17H,16H2,1-3H3/t17-,23+/m1/s1. The summed E-state index contributed by atoms with van der Waals surface area (Å²) in [6.07, 6.45) is 0.968. The van der Waals surface area contributed by atoms with Gasteiger partial charge in [0, 0.05) is 13.5 Å². The number of likely N-dealkylation sites (N-methyl/N-ethyl adjacent to an activating group) is 1. The third kappa shape index (κ3) is 2.93. The van der Waals surface area contributed by atoms with Gasteiger partial charge in [-0.15, -0.1) is 0 Å². The number of nitrogens with zero attached hydrogens (tertiary/aromatic N) is 2. The van der Waals surface area contributed by atoms with Crippen LogP contribution in [-0.2, 0) is 6.42 Å². The van der Waals surface area contributed by atoms with Crippen molar-refractivity contribution in [3.05, 3.63) is 83.9 Å². The van der Waals surface area contributed by atoms with Gasteiger partial charge in [0.05, 0.1) is 6.04 Å². The van der Waals surface area contributed by atoms with Gasteiger partial charge in [-0.25, -0.2) is 0 Å². The normalized spacial score (nSPS) is 20.2. The van der Waals surface area contributed by atoms with Crippen molar-refractivity contribution < 1.29 is 0 Å². The summed E-state index contributed by atoms with van der Waals surface area (Å²) >= 11 is 0. The molecular formula is C23H24N2. The summed E-state index contributed by atoms with van der Waals surface area (Å²) in [6, 6.07) is 26.1. The van der Waals surface area contributed by atoms with Gasteiger partial charge in [-0.05, 0) is 35.7 Å². The highest BCUT2D eigenvalue weighted by Gasteiger charge is 2.46. The molecule has 2 heteroatoms. The minimum Gasteiger partial charge on any atom is -0.355 e. The Bertz CT molecular complexity index is 924. The highest BCUT2D eigenvalue weighted by molar-refractivity contribution is 6.03. The number of hydrogen-bond donors (Lipinski definition) is 0. The minimum absolute atomic E-state index is 0.0606. The lowest BCUT2D eigenvalue weighted by Gasteiger charge is -2.27. The van der Waals surface area contributed by atoms with E-state index in [9.17, 15) is 0 Å². The lowest BCUT2D eigenvalue weighted by Crippen LogP contribution is -2.33. The van der Waals surface area contributed by atoms with Crippen molar-refractivity contribution in [3.8, 4) is 0 Å². The Morgan fingerprint density at radius 1 is 0.920 bits per heavy atom. The van der Waals surface area contributed by atoms with Gasteiger partial charge in [-0.1, -0.05) is 72.8 Å². The zero-order chi connectivity index (χ0) is 17.4. The molecule has 2 nitrogen and oxygen atoms in total. The van der Waals surface area contributed by atoms with E-state index in [1.165, 1.54) is 27.7 Å². The monoisotopic (exact) mass is 328 g/mol. The van der Waals surface area contributed by atoms with E-state index in [1.807, 2.05) is 0 Å². The molecule has 0 spiro atoms. The van der Waals surface area contributed by atoms with E-state index in [0.29, 0.717) is 6.04 Å². The first-order chi connectivity index (χ1) is 12.1. The maximum absolute atomic E-state index is 4.85. The summed E-state index contributed by atoms with van der Waals surface area (Å²) in [4.78, 5) is 7.19. The van der Waals surface area contributed by atoms with Gasteiger partial charge in [0.25, 0.3) is 0 Å². The summed E-state index contributed by atoms with van der Waals surface area (Å²) in [7, 11) is 2.17. The van der Waals surface area contributed by atoms with Gasteiger partial charge in [0.2, 0.25) is 0 Å². The Morgan fingerprint density at radius 2 is 1.60 bits per heavy atom. The first kappa shape index (κ1) is 15.9. The fourth-order valence-electron chi connectivity index (χ4n) is 3.78. The summed E-state index contributed by atoms with van der Waals surface area (Å²) in [5, 5.41) is 2.63. The lowest BCUT2D eigenvalue weighted by molar-refractivity contribution is 0.401. The second-order valence-corrected chi connectivity index (χ2v) is 7.23. The second-order valence-electron chi connectivity index (χ2n) is 7.23. The second kappa shape index (κ2) is 6.03. The van der Waals surface area contributed by atoms with Crippen molar-refractivity contribution in [2.75, 3.05) is 7.05 Å². The zero-order valence-corrected chi connectivity index (χ0v) is 15.1. The fraction of sp³-hybridized carbons (Fsp3) is 0.261. The molecule has 0 amide bonds. The third-order valence-corrected chi connectivity index (χ3v) is 5.36. The largest absolute Gasteiger partial charge is 0.355 e. The van der Waals surface area contributed by atoms with Crippen molar-refractivity contribution in [2.45, 2.75) is 31.8 Å². The van der Waals surface area contributed by atoms with Crippen molar-refractivity contribution in [1.29, 1.82) is 0 Å². The van der Waals surface area contributed by atoms with E-state index in [-0.39, 0.29) is 5.54 Å². The third-order valence-electron chi connectivity index (χ3n) is 5.36. The Balaban J connectivity index is 1.55. The summed E-state index contributed by atoms with van der Waals surface area (Å²) in [5.74, 6) is 1.21. The molecule has 3 aromatic carbocycles. The average Bonchev–Trinajstić information content (AvgIpc) is 3.31. The van der Waals surface area contributed by atoms with Crippen LogP contribution >= 0.6 is 0 Å². The lowest BCUT2D eigenvalue weighted by atomic mass is 9.96. The number of hydrogen-bond acceptors (Lipinski definition) is 2. The summed E-state index contributed by atoms with van der Waals surface area (Å²) in [5.41, 5.74) is 2.64. The van der Waals surface area contributed by atoms with Gasteiger partial charge in [0.1, 0.15) is 11.4 Å². The molecule has 1 aliphatic heterocycles. The van der Waals surface area contributed by atoms with Gasteiger partial charge < -0.3 is 4.90 Å². The van der Waals surface area contributed by atoms with E-state index in [2.05, 4.69) is 98.6 Å². The van der Waals surface area contributed by atoms with Gasteiger partial charge in [-0.3, -0.25) is 4.99 Å². The van der Waals surface area contributed by atoms with E-state index in [1.54, 1.807) is 0 Å². The maximum Gasteiger partial charge on any atom is 0.129 e. The summed E-state index contributed by atoms with van der Waals surface area (Å²) < 4.78 is 0. The van der Waals surface area contributed by atoms with E-state index in [4.69, 9.17) is 4.99 Å². The molecule has 0 saturated heterocycles. The number of rotatable bonds is 4. The first-order valence-electron chi connectivity index (χ1n) is 8.93. The molecule has 1 heterocycles. The zero-order valence-electron chi connectivity index (χ0n) is 15.1.